The quantitative estimate of drug-likeness (QED) is 0.0815. The molecule has 0 N–H and O–H groups in total. The molecule has 8 nitrogen and oxygen atoms in total. The van der Waals surface area contributed by atoms with Crippen LogP contribution in [-0.4, -0.2) is 52.9 Å². The SMILES string of the molecule is CCO[PH+](OCC)c1ccccc1.CCO[PH+](OCC)c1ccccc1.CCO[PH+](OCC)c1ccccc1.CCO[PH+](OCC)c1ccccc1.[Co]. The standard InChI is InChI=1S/4C10H15O2P.Co/c4*1-3-11-13(12-4-2)10-8-6-5-7-9-10;/h4*5-9H,3-4H2,1-2H3;/p+4. The van der Waals surface area contributed by atoms with Gasteiger partial charge in [0.2, 0.25) is 0 Å². The fourth-order valence-corrected chi connectivity index (χ4v) is 9.80. The Morgan fingerprint density at radius 2 is 0.396 bits per heavy atom. The zero-order valence-corrected chi connectivity index (χ0v) is 37.8. The van der Waals surface area contributed by atoms with Crippen molar-refractivity contribution in [1.82, 2.24) is 0 Å². The van der Waals surface area contributed by atoms with Gasteiger partial charge in [0.1, 0.15) is 0 Å². The molecule has 0 unspecified atom stereocenters. The number of rotatable bonds is 20. The molecule has 0 amide bonds. The van der Waals surface area contributed by atoms with Gasteiger partial charge in [-0.15, -0.1) is 0 Å². The third-order valence-corrected chi connectivity index (χ3v) is 13.9. The van der Waals surface area contributed by atoms with Crippen molar-refractivity contribution in [3.63, 3.8) is 0 Å². The molecule has 0 aliphatic carbocycles. The van der Waals surface area contributed by atoms with Crippen molar-refractivity contribution in [3.05, 3.63) is 121 Å². The third-order valence-electron chi connectivity index (χ3n) is 6.24. The minimum absolute atomic E-state index is 0. The average molecular weight is 856 g/mol. The molecule has 0 aliphatic heterocycles. The molecule has 0 aromatic heterocycles. The van der Waals surface area contributed by atoms with Gasteiger partial charge in [-0.05, 0) is 104 Å². The molecular formula is C40H64CoO8P4+4. The first-order valence-electron chi connectivity index (χ1n) is 18.2. The van der Waals surface area contributed by atoms with Gasteiger partial charge in [-0.25, -0.2) is 36.2 Å². The Labute approximate surface area is 335 Å². The van der Waals surface area contributed by atoms with Crippen LogP contribution in [0.25, 0.3) is 0 Å². The van der Waals surface area contributed by atoms with E-state index < -0.39 is 33.5 Å². The van der Waals surface area contributed by atoms with Gasteiger partial charge in [0.05, 0.1) is 52.9 Å². The van der Waals surface area contributed by atoms with Crippen LogP contribution in [0.5, 0.6) is 0 Å². The maximum absolute atomic E-state index is 5.55. The summed E-state index contributed by atoms with van der Waals surface area (Å²) in [5.74, 6) is 0. The molecule has 0 fully saturated rings. The molecule has 4 rings (SSSR count). The van der Waals surface area contributed by atoms with Crippen LogP contribution >= 0.6 is 33.5 Å². The first-order valence-corrected chi connectivity index (χ1v) is 23.5. The molecular weight excluding hydrogens is 791 g/mol. The van der Waals surface area contributed by atoms with E-state index in [0.29, 0.717) is 52.9 Å². The molecule has 4 aromatic carbocycles. The second kappa shape index (κ2) is 36.4. The fraction of sp³-hybridized carbons (Fsp3) is 0.400. The van der Waals surface area contributed by atoms with Gasteiger partial charge in [0.15, 0.2) is 21.2 Å². The van der Waals surface area contributed by atoms with Crippen LogP contribution in [0.3, 0.4) is 0 Å². The molecule has 0 atom stereocenters. The summed E-state index contributed by atoms with van der Waals surface area (Å²) in [7, 11) is -4.90. The Morgan fingerprint density at radius 1 is 0.264 bits per heavy atom. The van der Waals surface area contributed by atoms with E-state index in [0.717, 1.165) is 0 Å². The van der Waals surface area contributed by atoms with Crippen LogP contribution < -0.4 is 21.2 Å². The van der Waals surface area contributed by atoms with Gasteiger partial charge in [0, 0.05) is 16.8 Å². The third kappa shape index (κ3) is 24.1. The first-order chi connectivity index (χ1) is 25.5. The molecule has 1 radical (unpaired) electrons. The van der Waals surface area contributed by atoms with Gasteiger partial charge < -0.3 is 0 Å². The predicted molar refractivity (Wildman–Crippen MR) is 231 cm³/mol. The normalized spacial score (nSPS) is 10.5. The van der Waals surface area contributed by atoms with Crippen molar-refractivity contribution in [3.8, 4) is 0 Å². The maximum Gasteiger partial charge on any atom is 0.295 e. The summed E-state index contributed by atoms with van der Waals surface area (Å²) in [5.41, 5.74) is 0. The monoisotopic (exact) mass is 855 g/mol. The van der Waals surface area contributed by atoms with Crippen LogP contribution in [-0.2, 0) is 53.0 Å². The van der Waals surface area contributed by atoms with Gasteiger partial charge in [-0.1, -0.05) is 72.8 Å². The van der Waals surface area contributed by atoms with Crippen molar-refractivity contribution >= 4 is 54.7 Å². The van der Waals surface area contributed by atoms with Crippen LogP contribution in [0.1, 0.15) is 55.4 Å². The van der Waals surface area contributed by atoms with Crippen molar-refractivity contribution in [2.24, 2.45) is 0 Å². The van der Waals surface area contributed by atoms with Crippen LogP contribution in [0.4, 0.5) is 0 Å². The Kier molecular flexibility index (Phi) is 35.6. The molecule has 0 saturated carbocycles. The van der Waals surface area contributed by atoms with Gasteiger partial charge in [-0.3, -0.25) is 0 Å². The van der Waals surface area contributed by atoms with Crippen LogP contribution in [0.2, 0.25) is 0 Å². The number of hydrogen-bond donors (Lipinski definition) is 0. The van der Waals surface area contributed by atoms with E-state index in [1.807, 2.05) is 128 Å². The predicted octanol–water partition coefficient (Wildman–Crippen LogP) is 9.71. The second-order valence-electron chi connectivity index (χ2n) is 10.1. The van der Waals surface area contributed by atoms with E-state index in [1.165, 1.54) is 21.2 Å². The Balaban J connectivity index is 0.000000676. The van der Waals surface area contributed by atoms with E-state index in [4.69, 9.17) is 36.2 Å². The summed E-state index contributed by atoms with van der Waals surface area (Å²) in [6.07, 6.45) is 0. The molecule has 53 heavy (non-hydrogen) atoms. The van der Waals surface area contributed by atoms with Crippen molar-refractivity contribution in [2.45, 2.75) is 55.4 Å². The van der Waals surface area contributed by atoms with Gasteiger partial charge in [-0.2, -0.15) is 0 Å². The molecule has 297 valence electrons. The van der Waals surface area contributed by atoms with E-state index >= 15 is 0 Å². The van der Waals surface area contributed by atoms with E-state index in [1.54, 1.807) is 0 Å². The molecule has 13 heteroatoms. The van der Waals surface area contributed by atoms with Gasteiger partial charge in [0.25, 0.3) is 33.5 Å². The zero-order chi connectivity index (χ0) is 38.1. The molecule has 0 bridgehead atoms. The maximum atomic E-state index is 5.55. The van der Waals surface area contributed by atoms with E-state index in [9.17, 15) is 0 Å². The first kappa shape index (κ1) is 51.8. The smallest absolute Gasteiger partial charge is 0.204 e. The van der Waals surface area contributed by atoms with Crippen LogP contribution in [0, 0.1) is 0 Å². The second-order valence-corrected chi connectivity index (χ2v) is 17.0. The Bertz CT molecular complexity index is 1090. The number of hydrogen-bond acceptors (Lipinski definition) is 8. The molecule has 0 saturated heterocycles. The molecule has 0 aliphatic rings. The summed E-state index contributed by atoms with van der Waals surface area (Å²) in [4.78, 5) is 0. The average Bonchev–Trinajstić information content (AvgIpc) is 3.20. The van der Waals surface area contributed by atoms with Crippen molar-refractivity contribution in [2.75, 3.05) is 52.9 Å². The minimum Gasteiger partial charge on any atom is -0.204 e. The van der Waals surface area contributed by atoms with E-state index in [2.05, 4.69) is 48.5 Å². The molecule has 0 heterocycles. The summed E-state index contributed by atoms with van der Waals surface area (Å²) >= 11 is 0. The largest absolute Gasteiger partial charge is 0.295 e. The number of benzene rings is 4. The van der Waals surface area contributed by atoms with Gasteiger partial charge >= 0.3 is 0 Å². The zero-order valence-electron chi connectivity index (χ0n) is 32.8. The van der Waals surface area contributed by atoms with Crippen LogP contribution in [0.15, 0.2) is 121 Å². The summed E-state index contributed by atoms with van der Waals surface area (Å²) in [5, 5.41) is 4.71. The summed E-state index contributed by atoms with van der Waals surface area (Å²) in [6, 6.07) is 40.5. The molecule has 0 spiro atoms. The van der Waals surface area contributed by atoms with Crippen molar-refractivity contribution in [1.29, 1.82) is 0 Å². The summed E-state index contributed by atoms with van der Waals surface area (Å²) in [6.45, 7) is 21.6. The Hall–Kier alpha value is -1.21. The summed E-state index contributed by atoms with van der Waals surface area (Å²) < 4.78 is 44.4. The van der Waals surface area contributed by atoms with Crippen molar-refractivity contribution < 1.29 is 53.0 Å². The Morgan fingerprint density at radius 3 is 0.509 bits per heavy atom. The minimum atomic E-state index is -1.22. The topological polar surface area (TPSA) is 73.8 Å². The molecule has 4 aromatic rings. The van der Waals surface area contributed by atoms with E-state index in [-0.39, 0.29) is 16.8 Å². The fourth-order valence-electron chi connectivity index (χ4n) is 4.18.